The van der Waals surface area contributed by atoms with Crippen molar-refractivity contribution < 1.29 is 4.79 Å². The topological polar surface area (TPSA) is 49.3 Å². The standard InChI is InChI=1S/C15H24N4OS/c1-15(2,3)13(20)18-7-4-8-19(10-9-18)14-16-12(17-21-14)11-5-6-11/h11H,4-10H2,1-3H3. The van der Waals surface area contributed by atoms with E-state index in [1.54, 1.807) is 0 Å². The molecule has 116 valence electrons. The van der Waals surface area contributed by atoms with Crippen molar-refractivity contribution in [2.24, 2.45) is 5.41 Å². The van der Waals surface area contributed by atoms with Gasteiger partial charge in [0.2, 0.25) is 11.0 Å². The van der Waals surface area contributed by atoms with Crippen LogP contribution in [0, 0.1) is 5.41 Å². The molecule has 1 aromatic rings. The zero-order chi connectivity index (χ0) is 15.0. The van der Waals surface area contributed by atoms with E-state index in [2.05, 4.69) is 14.3 Å². The molecule has 0 bridgehead atoms. The number of nitrogens with zero attached hydrogens (tertiary/aromatic N) is 4. The molecule has 0 radical (unpaired) electrons. The van der Waals surface area contributed by atoms with Gasteiger partial charge in [-0.15, -0.1) is 0 Å². The number of hydrogen-bond donors (Lipinski definition) is 0. The second-order valence-electron chi connectivity index (χ2n) is 7.09. The number of aromatic nitrogens is 2. The maximum absolute atomic E-state index is 12.4. The van der Waals surface area contributed by atoms with E-state index in [0.717, 1.165) is 43.6 Å². The molecule has 0 unspecified atom stereocenters. The highest BCUT2D eigenvalue weighted by Crippen LogP contribution is 2.39. The molecule has 0 N–H and O–H groups in total. The van der Waals surface area contributed by atoms with E-state index >= 15 is 0 Å². The summed E-state index contributed by atoms with van der Waals surface area (Å²) in [5.41, 5.74) is -0.295. The summed E-state index contributed by atoms with van der Waals surface area (Å²) >= 11 is 1.51. The minimum absolute atomic E-state index is 0.250. The van der Waals surface area contributed by atoms with Crippen molar-refractivity contribution in [3.8, 4) is 0 Å². The summed E-state index contributed by atoms with van der Waals surface area (Å²) in [5.74, 6) is 1.89. The van der Waals surface area contributed by atoms with Crippen LogP contribution in [0.3, 0.4) is 0 Å². The molecule has 0 aromatic carbocycles. The first-order chi connectivity index (χ1) is 9.95. The largest absolute Gasteiger partial charge is 0.345 e. The number of hydrogen-bond acceptors (Lipinski definition) is 5. The predicted molar refractivity (Wildman–Crippen MR) is 84.7 cm³/mol. The lowest BCUT2D eigenvalue weighted by Gasteiger charge is -2.28. The molecule has 1 aliphatic carbocycles. The lowest BCUT2D eigenvalue weighted by Crippen LogP contribution is -2.41. The molecule has 2 fully saturated rings. The summed E-state index contributed by atoms with van der Waals surface area (Å²) in [6.07, 6.45) is 3.48. The summed E-state index contributed by atoms with van der Waals surface area (Å²) < 4.78 is 4.49. The van der Waals surface area contributed by atoms with Crippen molar-refractivity contribution in [1.82, 2.24) is 14.3 Å². The fraction of sp³-hybridized carbons (Fsp3) is 0.800. The summed E-state index contributed by atoms with van der Waals surface area (Å²) in [5, 5.41) is 1.03. The van der Waals surface area contributed by atoms with Crippen molar-refractivity contribution >= 4 is 22.6 Å². The average molecular weight is 308 g/mol. The summed E-state index contributed by atoms with van der Waals surface area (Å²) in [4.78, 5) is 21.4. The Bertz CT molecular complexity index is 518. The monoisotopic (exact) mass is 308 g/mol. The number of carbonyl (C=O) groups excluding carboxylic acids is 1. The van der Waals surface area contributed by atoms with E-state index < -0.39 is 0 Å². The predicted octanol–water partition coefficient (Wildman–Crippen LogP) is 2.50. The van der Waals surface area contributed by atoms with Gasteiger partial charge >= 0.3 is 0 Å². The van der Waals surface area contributed by atoms with Gasteiger partial charge in [0.1, 0.15) is 5.82 Å². The van der Waals surface area contributed by atoms with E-state index in [1.807, 2.05) is 25.7 Å². The molecule has 5 nitrogen and oxygen atoms in total. The van der Waals surface area contributed by atoms with Crippen molar-refractivity contribution in [2.75, 3.05) is 31.1 Å². The first-order valence-electron chi connectivity index (χ1n) is 7.83. The van der Waals surface area contributed by atoms with Crippen LogP contribution in [0.1, 0.15) is 51.8 Å². The molecule has 3 rings (SSSR count). The molecule has 1 aliphatic heterocycles. The number of carbonyl (C=O) groups is 1. The molecule has 1 saturated carbocycles. The van der Waals surface area contributed by atoms with E-state index in [4.69, 9.17) is 0 Å². The van der Waals surface area contributed by atoms with Crippen LogP contribution in [-0.4, -0.2) is 46.3 Å². The summed E-state index contributed by atoms with van der Waals surface area (Å²) in [6, 6.07) is 0. The van der Waals surface area contributed by atoms with Crippen molar-refractivity contribution in [2.45, 2.75) is 46.0 Å². The minimum Gasteiger partial charge on any atom is -0.345 e. The number of anilines is 1. The lowest BCUT2D eigenvalue weighted by atomic mass is 9.94. The average Bonchev–Trinajstić information content (AvgIpc) is 3.21. The molecule has 1 aromatic heterocycles. The molecule has 0 atom stereocenters. The third-order valence-electron chi connectivity index (χ3n) is 4.07. The van der Waals surface area contributed by atoms with Crippen molar-refractivity contribution in [3.05, 3.63) is 5.82 Å². The number of amides is 1. The van der Waals surface area contributed by atoms with E-state index in [1.165, 1.54) is 24.4 Å². The second-order valence-corrected chi connectivity index (χ2v) is 7.82. The van der Waals surface area contributed by atoms with Gasteiger partial charge in [0.05, 0.1) is 0 Å². The zero-order valence-electron chi connectivity index (χ0n) is 13.1. The van der Waals surface area contributed by atoms with Gasteiger partial charge in [-0.05, 0) is 19.3 Å². The van der Waals surface area contributed by atoms with Gasteiger partial charge in [-0.3, -0.25) is 4.79 Å². The second kappa shape index (κ2) is 5.55. The normalized spacial score (nSPS) is 20.5. The van der Waals surface area contributed by atoms with E-state index in [0.29, 0.717) is 5.92 Å². The van der Waals surface area contributed by atoms with Gasteiger partial charge in [0.15, 0.2) is 0 Å². The highest BCUT2D eigenvalue weighted by Gasteiger charge is 2.31. The van der Waals surface area contributed by atoms with Crippen LogP contribution >= 0.6 is 11.5 Å². The molecule has 1 amide bonds. The smallest absolute Gasteiger partial charge is 0.228 e. The van der Waals surface area contributed by atoms with E-state index in [9.17, 15) is 4.79 Å². The van der Waals surface area contributed by atoms with Gasteiger partial charge in [-0.25, -0.2) is 4.98 Å². The zero-order valence-corrected chi connectivity index (χ0v) is 13.9. The summed E-state index contributed by atoms with van der Waals surface area (Å²) in [7, 11) is 0. The Labute approximate surface area is 130 Å². The van der Waals surface area contributed by atoms with Crippen LogP contribution in [0.2, 0.25) is 0 Å². The van der Waals surface area contributed by atoms with Gasteiger partial charge in [-0.1, -0.05) is 20.8 Å². The van der Waals surface area contributed by atoms with Crippen LogP contribution in [0.25, 0.3) is 0 Å². The Morgan fingerprint density at radius 1 is 1.19 bits per heavy atom. The Morgan fingerprint density at radius 2 is 1.95 bits per heavy atom. The summed E-state index contributed by atoms with van der Waals surface area (Å²) in [6.45, 7) is 9.43. The highest BCUT2D eigenvalue weighted by atomic mass is 32.1. The van der Waals surface area contributed by atoms with Gasteiger partial charge in [-0.2, -0.15) is 4.37 Å². The maximum atomic E-state index is 12.4. The van der Waals surface area contributed by atoms with Crippen LogP contribution in [-0.2, 0) is 4.79 Å². The SMILES string of the molecule is CC(C)(C)C(=O)N1CCCN(c2nc(C3CC3)ns2)CC1. The van der Waals surface area contributed by atoms with E-state index in [-0.39, 0.29) is 11.3 Å². The molecular weight excluding hydrogens is 284 g/mol. The Kier molecular flexibility index (Phi) is 3.90. The van der Waals surface area contributed by atoms with Crippen LogP contribution < -0.4 is 4.90 Å². The van der Waals surface area contributed by atoms with Gasteiger partial charge in [0.25, 0.3) is 0 Å². The van der Waals surface area contributed by atoms with Crippen LogP contribution in [0.5, 0.6) is 0 Å². The molecule has 0 spiro atoms. The Morgan fingerprint density at radius 3 is 2.62 bits per heavy atom. The fourth-order valence-electron chi connectivity index (χ4n) is 2.65. The molecular formula is C15H24N4OS. The first-order valence-corrected chi connectivity index (χ1v) is 8.60. The Hall–Kier alpha value is -1.17. The molecule has 21 heavy (non-hydrogen) atoms. The number of rotatable bonds is 2. The molecule has 2 aliphatic rings. The highest BCUT2D eigenvalue weighted by molar-refractivity contribution is 7.09. The maximum Gasteiger partial charge on any atom is 0.228 e. The van der Waals surface area contributed by atoms with Crippen molar-refractivity contribution in [3.63, 3.8) is 0 Å². The van der Waals surface area contributed by atoms with Crippen molar-refractivity contribution in [1.29, 1.82) is 0 Å². The Balaban J connectivity index is 1.63. The fourth-order valence-corrected chi connectivity index (χ4v) is 3.45. The lowest BCUT2D eigenvalue weighted by molar-refractivity contribution is -0.139. The van der Waals surface area contributed by atoms with Gasteiger partial charge < -0.3 is 9.80 Å². The molecule has 2 heterocycles. The third kappa shape index (κ3) is 3.36. The quantitative estimate of drug-likeness (QED) is 0.842. The third-order valence-corrected chi connectivity index (χ3v) is 4.86. The molecule has 1 saturated heterocycles. The van der Waals surface area contributed by atoms with Crippen LogP contribution in [0.4, 0.5) is 5.13 Å². The minimum atomic E-state index is -0.295. The van der Waals surface area contributed by atoms with Gasteiger partial charge in [0, 0.05) is 49.0 Å². The van der Waals surface area contributed by atoms with Crippen LogP contribution in [0.15, 0.2) is 0 Å². The molecule has 6 heteroatoms. The first kappa shape index (κ1) is 14.8.